The summed E-state index contributed by atoms with van der Waals surface area (Å²) in [5.74, 6) is 0.927. The SMILES string of the molecule is c1ccc2c(-c3nnc(-c4cncc(-c5ccoc5)c4)o3)cccc2c1. The van der Waals surface area contributed by atoms with Gasteiger partial charge in [-0.1, -0.05) is 36.4 Å². The Morgan fingerprint density at radius 2 is 1.58 bits per heavy atom. The molecule has 3 aromatic heterocycles. The molecule has 0 unspecified atom stereocenters. The Labute approximate surface area is 149 Å². The summed E-state index contributed by atoms with van der Waals surface area (Å²) in [5.41, 5.74) is 3.57. The van der Waals surface area contributed by atoms with Gasteiger partial charge in [-0.2, -0.15) is 0 Å². The van der Waals surface area contributed by atoms with Crippen LogP contribution in [0.4, 0.5) is 0 Å². The minimum absolute atomic E-state index is 0.436. The Morgan fingerprint density at radius 3 is 2.50 bits per heavy atom. The molecule has 0 N–H and O–H groups in total. The van der Waals surface area contributed by atoms with Crippen LogP contribution in [-0.4, -0.2) is 15.2 Å². The van der Waals surface area contributed by atoms with Gasteiger partial charge in [-0.3, -0.25) is 4.98 Å². The molecule has 0 amide bonds. The number of pyridine rings is 1. The van der Waals surface area contributed by atoms with Crippen molar-refractivity contribution in [2.24, 2.45) is 0 Å². The molecule has 0 saturated carbocycles. The van der Waals surface area contributed by atoms with Gasteiger partial charge in [-0.05, 0) is 29.0 Å². The molecule has 0 saturated heterocycles. The highest BCUT2D eigenvalue weighted by Crippen LogP contribution is 2.30. The fourth-order valence-electron chi connectivity index (χ4n) is 3.00. The van der Waals surface area contributed by atoms with Gasteiger partial charge in [0, 0.05) is 29.1 Å². The van der Waals surface area contributed by atoms with Gasteiger partial charge in [0.1, 0.15) is 0 Å². The van der Waals surface area contributed by atoms with Gasteiger partial charge >= 0.3 is 0 Å². The lowest BCUT2D eigenvalue weighted by molar-refractivity contribution is 0.568. The summed E-state index contributed by atoms with van der Waals surface area (Å²) in [6.45, 7) is 0. The number of rotatable bonds is 3. The van der Waals surface area contributed by atoms with Crippen molar-refractivity contribution < 1.29 is 8.83 Å². The Hall–Kier alpha value is -3.73. The van der Waals surface area contributed by atoms with Gasteiger partial charge in [-0.15, -0.1) is 10.2 Å². The quantitative estimate of drug-likeness (QED) is 0.451. The highest BCUT2D eigenvalue weighted by atomic mass is 16.4. The Balaban J connectivity index is 1.58. The summed E-state index contributed by atoms with van der Waals surface area (Å²) in [6.07, 6.45) is 6.80. The standard InChI is InChI=1S/C21H13N3O2/c1-2-6-18-14(4-1)5-3-7-19(18)21-24-23-20(26-21)17-10-16(11-22-12-17)15-8-9-25-13-15/h1-13H. The fraction of sp³-hybridized carbons (Fsp3) is 0. The van der Waals surface area contributed by atoms with Gasteiger partial charge in [0.2, 0.25) is 11.8 Å². The third kappa shape index (κ3) is 2.46. The first-order chi connectivity index (χ1) is 12.9. The first-order valence-corrected chi connectivity index (χ1v) is 8.18. The molecular weight excluding hydrogens is 326 g/mol. The average molecular weight is 339 g/mol. The number of aromatic nitrogens is 3. The Bertz CT molecular complexity index is 1190. The number of hydrogen-bond acceptors (Lipinski definition) is 5. The summed E-state index contributed by atoms with van der Waals surface area (Å²) in [4.78, 5) is 4.28. The number of fused-ring (bicyclic) bond motifs is 1. The van der Waals surface area contributed by atoms with E-state index < -0.39 is 0 Å². The van der Waals surface area contributed by atoms with Crippen LogP contribution in [0.3, 0.4) is 0 Å². The maximum atomic E-state index is 5.95. The number of benzene rings is 2. The highest BCUT2D eigenvalue weighted by molar-refractivity contribution is 5.94. The Kier molecular flexibility index (Phi) is 3.35. The molecule has 2 aromatic carbocycles. The maximum absolute atomic E-state index is 5.95. The molecule has 0 atom stereocenters. The monoisotopic (exact) mass is 339 g/mol. The first kappa shape index (κ1) is 14.6. The summed E-state index contributed by atoms with van der Waals surface area (Å²) in [6, 6.07) is 18.0. The highest BCUT2D eigenvalue weighted by Gasteiger charge is 2.14. The predicted molar refractivity (Wildman–Crippen MR) is 98.2 cm³/mol. The largest absolute Gasteiger partial charge is 0.472 e. The summed E-state index contributed by atoms with van der Waals surface area (Å²) in [5, 5.41) is 10.7. The van der Waals surface area contributed by atoms with Crippen LogP contribution in [0.2, 0.25) is 0 Å². The summed E-state index contributed by atoms with van der Waals surface area (Å²) < 4.78 is 11.1. The molecule has 5 nitrogen and oxygen atoms in total. The lowest BCUT2D eigenvalue weighted by Gasteiger charge is -2.02. The smallest absolute Gasteiger partial charge is 0.249 e. The molecule has 0 bridgehead atoms. The van der Waals surface area contributed by atoms with Crippen LogP contribution in [0.25, 0.3) is 44.8 Å². The third-order valence-corrected chi connectivity index (χ3v) is 4.28. The molecule has 124 valence electrons. The Morgan fingerprint density at radius 1 is 0.731 bits per heavy atom. The number of furan rings is 1. The predicted octanol–water partition coefficient (Wildman–Crippen LogP) is 5.21. The second-order valence-corrected chi connectivity index (χ2v) is 5.91. The zero-order valence-electron chi connectivity index (χ0n) is 13.7. The summed E-state index contributed by atoms with van der Waals surface area (Å²) >= 11 is 0. The van der Waals surface area contributed by atoms with E-state index in [1.165, 1.54) is 0 Å². The zero-order valence-corrected chi connectivity index (χ0v) is 13.7. The lowest BCUT2D eigenvalue weighted by Crippen LogP contribution is -1.83. The van der Waals surface area contributed by atoms with E-state index >= 15 is 0 Å². The van der Waals surface area contributed by atoms with Crippen molar-refractivity contribution in [3.05, 3.63) is 79.5 Å². The minimum Gasteiger partial charge on any atom is -0.472 e. The van der Waals surface area contributed by atoms with Crippen LogP contribution in [0.15, 0.2) is 88.4 Å². The van der Waals surface area contributed by atoms with E-state index in [2.05, 4.69) is 33.4 Å². The lowest BCUT2D eigenvalue weighted by atomic mass is 10.0. The second-order valence-electron chi connectivity index (χ2n) is 5.91. The molecule has 0 spiro atoms. The molecule has 5 heteroatoms. The molecule has 5 rings (SSSR count). The number of nitrogens with zero attached hydrogens (tertiary/aromatic N) is 3. The summed E-state index contributed by atoms with van der Waals surface area (Å²) in [7, 11) is 0. The van der Waals surface area contributed by atoms with Crippen molar-refractivity contribution in [3.8, 4) is 34.0 Å². The van der Waals surface area contributed by atoms with Crippen LogP contribution in [0.1, 0.15) is 0 Å². The molecule has 5 aromatic rings. The van der Waals surface area contributed by atoms with Crippen LogP contribution in [0.5, 0.6) is 0 Å². The van der Waals surface area contributed by atoms with Gasteiger partial charge in [0.15, 0.2) is 0 Å². The maximum Gasteiger partial charge on any atom is 0.249 e. The van der Waals surface area contributed by atoms with E-state index in [1.54, 1.807) is 24.9 Å². The van der Waals surface area contributed by atoms with E-state index in [-0.39, 0.29) is 0 Å². The van der Waals surface area contributed by atoms with E-state index in [4.69, 9.17) is 8.83 Å². The zero-order chi connectivity index (χ0) is 17.3. The van der Waals surface area contributed by atoms with Crippen LogP contribution >= 0.6 is 0 Å². The molecule has 3 heterocycles. The van der Waals surface area contributed by atoms with Gasteiger partial charge in [0.05, 0.1) is 18.1 Å². The molecule has 0 aliphatic carbocycles. The van der Waals surface area contributed by atoms with Crippen molar-refractivity contribution in [2.45, 2.75) is 0 Å². The van der Waals surface area contributed by atoms with Crippen LogP contribution < -0.4 is 0 Å². The van der Waals surface area contributed by atoms with Crippen molar-refractivity contribution in [1.82, 2.24) is 15.2 Å². The molecule has 0 aliphatic heterocycles. The second kappa shape index (κ2) is 5.97. The van der Waals surface area contributed by atoms with E-state index in [1.807, 2.05) is 36.4 Å². The molecule has 0 aliphatic rings. The van der Waals surface area contributed by atoms with Crippen molar-refractivity contribution >= 4 is 10.8 Å². The fourth-order valence-corrected chi connectivity index (χ4v) is 3.00. The third-order valence-electron chi connectivity index (χ3n) is 4.28. The van der Waals surface area contributed by atoms with Gasteiger partial charge in [0.25, 0.3) is 0 Å². The van der Waals surface area contributed by atoms with E-state index in [0.717, 1.165) is 33.0 Å². The topological polar surface area (TPSA) is 65.0 Å². The van der Waals surface area contributed by atoms with Crippen molar-refractivity contribution in [1.29, 1.82) is 0 Å². The molecule has 26 heavy (non-hydrogen) atoms. The van der Waals surface area contributed by atoms with Crippen molar-refractivity contribution in [2.75, 3.05) is 0 Å². The van der Waals surface area contributed by atoms with Gasteiger partial charge in [-0.25, -0.2) is 0 Å². The molecular formula is C21H13N3O2. The molecule has 0 radical (unpaired) electrons. The normalized spacial score (nSPS) is 11.1. The van der Waals surface area contributed by atoms with E-state index in [0.29, 0.717) is 11.8 Å². The van der Waals surface area contributed by atoms with Crippen LogP contribution in [-0.2, 0) is 0 Å². The number of hydrogen-bond donors (Lipinski definition) is 0. The average Bonchev–Trinajstić information content (AvgIpc) is 3.40. The first-order valence-electron chi connectivity index (χ1n) is 8.18. The molecule has 0 fully saturated rings. The van der Waals surface area contributed by atoms with Gasteiger partial charge < -0.3 is 8.83 Å². The van der Waals surface area contributed by atoms with Crippen molar-refractivity contribution in [3.63, 3.8) is 0 Å². The minimum atomic E-state index is 0.436. The van der Waals surface area contributed by atoms with Crippen LogP contribution in [0, 0.1) is 0 Å². The van der Waals surface area contributed by atoms with E-state index in [9.17, 15) is 0 Å².